The van der Waals surface area contributed by atoms with Crippen LogP contribution in [0.15, 0.2) is 0 Å². The minimum Gasteiger partial charge on any atom is -0.390 e. The van der Waals surface area contributed by atoms with Crippen molar-refractivity contribution in [2.75, 3.05) is 0 Å². The molecular formula is C8H7FO4. The number of alkyl halides is 1. The molecule has 3 rings (SSSR count). The first-order valence-corrected chi connectivity index (χ1v) is 4.24. The summed E-state index contributed by atoms with van der Waals surface area (Å²) < 4.78 is 23.5. The van der Waals surface area contributed by atoms with Crippen LogP contribution in [0.25, 0.3) is 0 Å². The molecule has 0 aromatic heterocycles. The first-order chi connectivity index (χ1) is 6.14. The Kier molecular flexibility index (Phi) is 1.10. The summed E-state index contributed by atoms with van der Waals surface area (Å²) in [7, 11) is 0. The average molecular weight is 186 g/mol. The van der Waals surface area contributed by atoms with E-state index in [4.69, 9.17) is 4.74 Å². The Balaban J connectivity index is 2.12. The third kappa shape index (κ3) is 0.622. The monoisotopic (exact) mass is 186 g/mol. The fourth-order valence-corrected chi connectivity index (χ4v) is 2.50. The van der Waals surface area contributed by atoms with E-state index in [2.05, 4.69) is 4.74 Å². The third-order valence-corrected chi connectivity index (χ3v) is 3.11. The number of fused-ring (bicyclic) bond motifs is 5. The maximum atomic E-state index is 14.0. The van der Waals surface area contributed by atoms with Crippen LogP contribution in [0.1, 0.15) is 12.8 Å². The van der Waals surface area contributed by atoms with Gasteiger partial charge in [0.15, 0.2) is 0 Å². The lowest BCUT2D eigenvalue weighted by molar-refractivity contribution is -0.159. The lowest BCUT2D eigenvalue weighted by Crippen LogP contribution is -2.45. The Hall–Kier alpha value is -0.970. The average Bonchev–Trinajstić information content (AvgIpc) is 2.66. The third-order valence-electron chi connectivity index (χ3n) is 3.11. The van der Waals surface area contributed by atoms with Crippen molar-refractivity contribution in [2.24, 2.45) is 5.92 Å². The van der Waals surface area contributed by atoms with Crippen molar-refractivity contribution in [3.8, 4) is 0 Å². The Labute approximate surface area is 73.0 Å². The molecule has 0 amide bonds. The largest absolute Gasteiger partial charge is 0.390 e. The quantitative estimate of drug-likeness (QED) is 0.393. The summed E-state index contributed by atoms with van der Waals surface area (Å²) in [6.07, 6.45) is -0.0703. The van der Waals surface area contributed by atoms with Gasteiger partial charge in [-0.1, -0.05) is 0 Å². The molecule has 3 aliphatic heterocycles. The van der Waals surface area contributed by atoms with Gasteiger partial charge in [0.05, 0.1) is 6.10 Å². The zero-order valence-corrected chi connectivity index (χ0v) is 6.66. The Morgan fingerprint density at radius 2 is 2.15 bits per heavy atom. The van der Waals surface area contributed by atoms with Gasteiger partial charge in [-0.2, -0.15) is 0 Å². The van der Waals surface area contributed by atoms with E-state index in [0.29, 0.717) is 12.8 Å². The minimum atomic E-state index is -2.18. The molecule has 2 bridgehead atoms. The summed E-state index contributed by atoms with van der Waals surface area (Å²) in [6.45, 7) is 0. The van der Waals surface area contributed by atoms with Gasteiger partial charge in [-0.05, 0) is 12.8 Å². The van der Waals surface area contributed by atoms with E-state index in [1.54, 1.807) is 0 Å². The van der Waals surface area contributed by atoms with Gasteiger partial charge in [0.25, 0.3) is 0 Å². The molecule has 4 nitrogen and oxygen atoms in total. The summed E-state index contributed by atoms with van der Waals surface area (Å²) in [5.41, 5.74) is -2.18. The van der Waals surface area contributed by atoms with Crippen molar-refractivity contribution in [3.63, 3.8) is 0 Å². The number of halogens is 1. The van der Waals surface area contributed by atoms with Gasteiger partial charge in [-0.3, -0.25) is 4.79 Å². The molecule has 0 unspecified atom stereocenters. The zero-order chi connectivity index (χ0) is 9.22. The second-order valence-electron chi connectivity index (χ2n) is 3.69. The van der Waals surface area contributed by atoms with Gasteiger partial charge in [-0.25, -0.2) is 9.18 Å². The maximum Gasteiger partial charge on any atom is 0.355 e. The van der Waals surface area contributed by atoms with E-state index >= 15 is 0 Å². The fourth-order valence-electron chi connectivity index (χ4n) is 2.50. The van der Waals surface area contributed by atoms with Crippen LogP contribution in [-0.4, -0.2) is 29.8 Å². The van der Waals surface area contributed by atoms with Crippen LogP contribution in [0.2, 0.25) is 0 Å². The van der Waals surface area contributed by atoms with Crippen LogP contribution >= 0.6 is 0 Å². The summed E-state index contributed by atoms with van der Waals surface area (Å²) in [6, 6.07) is 0. The fraction of sp³-hybridized carbons (Fsp3) is 0.750. The van der Waals surface area contributed by atoms with Crippen LogP contribution in [0.4, 0.5) is 4.39 Å². The van der Waals surface area contributed by atoms with Gasteiger partial charge in [0, 0.05) is 0 Å². The number of cyclic esters (lactones) is 2. The number of esters is 2. The smallest absolute Gasteiger partial charge is 0.355 e. The van der Waals surface area contributed by atoms with E-state index in [9.17, 15) is 14.0 Å². The van der Waals surface area contributed by atoms with E-state index < -0.39 is 35.7 Å². The highest BCUT2D eigenvalue weighted by Crippen LogP contribution is 2.52. The van der Waals surface area contributed by atoms with Crippen molar-refractivity contribution >= 4 is 11.9 Å². The molecule has 3 fully saturated rings. The number of hydrogen-bond acceptors (Lipinski definition) is 4. The second kappa shape index (κ2) is 1.92. The van der Waals surface area contributed by atoms with Gasteiger partial charge in [0.1, 0.15) is 12.0 Å². The highest BCUT2D eigenvalue weighted by molar-refractivity contribution is 6.02. The van der Waals surface area contributed by atoms with Crippen molar-refractivity contribution in [2.45, 2.75) is 30.7 Å². The molecule has 3 saturated heterocycles. The van der Waals surface area contributed by atoms with E-state index in [-0.39, 0.29) is 0 Å². The first kappa shape index (κ1) is 7.44. The Morgan fingerprint density at radius 1 is 1.38 bits per heavy atom. The summed E-state index contributed by atoms with van der Waals surface area (Å²) in [5, 5.41) is 0. The molecule has 3 aliphatic rings. The van der Waals surface area contributed by atoms with Gasteiger partial charge < -0.3 is 9.47 Å². The molecule has 13 heavy (non-hydrogen) atoms. The van der Waals surface area contributed by atoms with E-state index in [0.717, 1.165) is 0 Å². The predicted molar refractivity (Wildman–Crippen MR) is 36.3 cm³/mol. The maximum absolute atomic E-state index is 14.0. The standard InChI is InChI=1S/C8H7FO4/c9-8-4-2-1-3(12-4)5(8)6(10)13-7(8)11/h3-5H,1-2H2/t3-,4+,5+,8-/m1/s1. The summed E-state index contributed by atoms with van der Waals surface area (Å²) in [4.78, 5) is 22.2. The van der Waals surface area contributed by atoms with Crippen LogP contribution in [0.5, 0.6) is 0 Å². The van der Waals surface area contributed by atoms with Gasteiger partial charge in [0.2, 0.25) is 5.67 Å². The molecule has 0 aromatic carbocycles. The lowest BCUT2D eigenvalue weighted by atomic mass is 9.78. The van der Waals surface area contributed by atoms with Gasteiger partial charge in [-0.15, -0.1) is 0 Å². The molecule has 4 atom stereocenters. The normalized spacial score (nSPS) is 52.5. The Bertz CT molecular complexity index is 315. The first-order valence-electron chi connectivity index (χ1n) is 4.24. The van der Waals surface area contributed by atoms with Crippen molar-refractivity contribution in [1.29, 1.82) is 0 Å². The number of hydrogen-bond donors (Lipinski definition) is 0. The molecule has 0 aliphatic carbocycles. The van der Waals surface area contributed by atoms with Gasteiger partial charge >= 0.3 is 11.9 Å². The lowest BCUT2D eigenvalue weighted by Gasteiger charge is -2.21. The summed E-state index contributed by atoms with van der Waals surface area (Å²) in [5.74, 6) is -2.83. The molecule has 3 heterocycles. The van der Waals surface area contributed by atoms with Crippen LogP contribution in [0, 0.1) is 5.92 Å². The highest BCUT2D eigenvalue weighted by atomic mass is 19.1. The van der Waals surface area contributed by atoms with Crippen LogP contribution < -0.4 is 0 Å². The Morgan fingerprint density at radius 3 is 2.85 bits per heavy atom. The SMILES string of the molecule is O=C1OC(=O)[C@@]2(F)[C@@H]3CC[C@@H](O3)[C@@H]12. The molecular weight excluding hydrogens is 179 g/mol. The molecule has 5 heteroatoms. The molecule has 0 radical (unpaired) electrons. The molecule has 70 valence electrons. The number of rotatable bonds is 0. The summed E-state index contributed by atoms with van der Waals surface area (Å²) >= 11 is 0. The predicted octanol–water partition coefficient (Wildman–Crippen LogP) is -0.0445. The number of carbonyl (C=O) groups is 2. The van der Waals surface area contributed by atoms with E-state index in [1.165, 1.54) is 0 Å². The molecule has 0 saturated carbocycles. The number of carbonyl (C=O) groups excluding carboxylic acids is 2. The van der Waals surface area contributed by atoms with Crippen molar-refractivity contribution < 1.29 is 23.5 Å². The molecule has 0 aromatic rings. The van der Waals surface area contributed by atoms with Crippen LogP contribution in [0.3, 0.4) is 0 Å². The van der Waals surface area contributed by atoms with Crippen LogP contribution in [-0.2, 0) is 19.1 Å². The highest BCUT2D eigenvalue weighted by Gasteiger charge is 2.73. The zero-order valence-electron chi connectivity index (χ0n) is 6.66. The number of ether oxygens (including phenoxy) is 2. The van der Waals surface area contributed by atoms with E-state index in [1.807, 2.05) is 0 Å². The minimum absolute atomic E-state index is 0.450. The topological polar surface area (TPSA) is 52.6 Å². The van der Waals surface area contributed by atoms with Crippen molar-refractivity contribution in [1.82, 2.24) is 0 Å². The molecule has 0 spiro atoms. The van der Waals surface area contributed by atoms with Crippen molar-refractivity contribution in [3.05, 3.63) is 0 Å². The molecule has 0 N–H and O–H groups in total. The second-order valence-corrected chi connectivity index (χ2v) is 3.69.